The SMILES string of the molecule is Cc1ccc([C@@H]2C(=C(O)c3ccc(OC(C)C)cc3)C(=O)C(=O)N2CCN2CCOCC2)cc1. The third-order valence-corrected chi connectivity index (χ3v) is 6.19. The molecule has 7 heteroatoms. The second kappa shape index (κ2) is 10.4. The zero-order valence-electron chi connectivity index (χ0n) is 20.0. The lowest BCUT2D eigenvalue weighted by Crippen LogP contribution is -2.42. The summed E-state index contributed by atoms with van der Waals surface area (Å²) in [6.45, 7) is 9.81. The molecule has 0 spiro atoms. The highest BCUT2D eigenvalue weighted by atomic mass is 16.5. The number of rotatable bonds is 7. The van der Waals surface area contributed by atoms with Crippen molar-refractivity contribution in [3.63, 3.8) is 0 Å². The minimum atomic E-state index is -0.660. The first-order valence-corrected chi connectivity index (χ1v) is 11.8. The summed E-state index contributed by atoms with van der Waals surface area (Å²) in [7, 11) is 0. The predicted molar refractivity (Wildman–Crippen MR) is 130 cm³/mol. The van der Waals surface area contributed by atoms with Crippen molar-refractivity contribution in [1.82, 2.24) is 9.80 Å². The summed E-state index contributed by atoms with van der Waals surface area (Å²) in [5, 5.41) is 11.2. The number of amides is 1. The molecule has 0 saturated carbocycles. The maximum absolute atomic E-state index is 13.2. The van der Waals surface area contributed by atoms with Crippen LogP contribution in [-0.2, 0) is 14.3 Å². The van der Waals surface area contributed by atoms with Gasteiger partial charge in [-0.25, -0.2) is 0 Å². The Morgan fingerprint density at radius 2 is 1.68 bits per heavy atom. The molecular formula is C27H32N2O5. The van der Waals surface area contributed by atoms with Gasteiger partial charge in [-0.05, 0) is 50.6 Å². The number of hydrogen-bond acceptors (Lipinski definition) is 6. The van der Waals surface area contributed by atoms with E-state index in [9.17, 15) is 14.7 Å². The van der Waals surface area contributed by atoms with Gasteiger partial charge >= 0.3 is 0 Å². The number of ketones is 1. The summed E-state index contributed by atoms with van der Waals surface area (Å²) in [4.78, 5) is 30.1. The van der Waals surface area contributed by atoms with E-state index < -0.39 is 17.7 Å². The minimum Gasteiger partial charge on any atom is -0.507 e. The molecule has 0 aromatic heterocycles. The molecule has 2 aliphatic heterocycles. The van der Waals surface area contributed by atoms with E-state index in [2.05, 4.69) is 4.90 Å². The van der Waals surface area contributed by atoms with E-state index in [0.29, 0.717) is 37.6 Å². The highest BCUT2D eigenvalue weighted by molar-refractivity contribution is 6.46. The Kier molecular flexibility index (Phi) is 7.34. The summed E-state index contributed by atoms with van der Waals surface area (Å²) in [5.74, 6) is -0.741. The molecule has 2 saturated heterocycles. The fourth-order valence-corrected chi connectivity index (χ4v) is 4.40. The van der Waals surface area contributed by atoms with Crippen molar-refractivity contribution < 1.29 is 24.2 Å². The van der Waals surface area contributed by atoms with Gasteiger partial charge < -0.3 is 19.5 Å². The molecule has 0 aliphatic carbocycles. The van der Waals surface area contributed by atoms with Crippen LogP contribution < -0.4 is 4.74 Å². The molecule has 2 heterocycles. The number of ether oxygens (including phenoxy) is 2. The summed E-state index contributed by atoms with van der Waals surface area (Å²) >= 11 is 0. The van der Waals surface area contributed by atoms with Crippen molar-refractivity contribution in [3.05, 3.63) is 70.8 Å². The summed E-state index contributed by atoms with van der Waals surface area (Å²) in [6, 6.07) is 14.0. The fourth-order valence-electron chi connectivity index (χ4n) is 4.40. The molecule has 1 N–H and O–H groups in total. The number of carbonyl (C=O) groups excluding carboxylic acids is 2. The van der Waals surface area contributed by atoms with E-state index in [-0.39, 0.29) is 17.4 Å². The number of aliphatic hydroxyl groups is 1. The van der Waals surface area contributed by atoms with Crippen LogP contribution in [0.2, 0.25) is 0 Å². The number of nitrogens with zero attached hydrogens (tertiary/aromatic N) is 2. The predicted octanol–water partition coefficient (Wildman–Crippen LogP) is 3.54. The molecule has 7 nitrogen and oxygen atoms in total. The standard InChI is InChI=1S/C27H32N2O5/c1-18(2)34-22-10-8-21(9-11-22)25(30)23-24(20-6-4-19(3)5-7-20)29(27(32)26(23)31)13-12-28-14-16-33-17-15-28/h4-11,18,24,30H,12-17H2,1-3H3/t24-/m1/s1. The van der Waals surface area contributed by atoms with Crippen LogP contribution in [0.1, 0.15) is 36.6 Å². The highest BCUT2D eigenvalue weighted by Crippen LogP contribution is 2.39. The van der Waals surface area contributed by atoms with E-state index in [1.54, 1.807) is 29.2 Å². The molecule has 2 aromatic rings. The van der Waals surface area contributed by atoms with Gasteiger partial charge in [0, 0.05) is 31.7 Å². The Morgan fingerprint density at radius 3 is 2.29 bits per heavy atom. The van der Waals surface area contributed by atoms with Crippen LogP contribution >= 0.6 is 0 Å². The second-order valence-electron chi connectivity index (χ2n) is 9.05. The molecule has 34 heavy (non-hydrogen) atoms. The van der Waals surface area contributed by atoms with E-state index in [0.717, 1.165) is 24.2 Å². The zero-order chi connectivity index (χ0) is 24.2. The van der Waals surface area contributed by atoms with Gasteiger partial charge in [-0.15, -0.1) is 0 Å². The monoisotopic (exact) mass is 464 g/mol. The van der Waals surface area contributed by atoms with Crippen LogP contribution in [0, 0.1) is 6.92 Å². The Bertz CT molecular complexity index is 1050. The van der Waals surface area contributed by atoms with Crippen molar-refractivity contribution in [2.75, 3.05) is 39.4 Å². The number of benzene rings is 2. The number of aryl methyl sites for hydroxylation is 1. The molecular weight excluding hydrogens is 432 g/mol. The molecule has 0 radical (unpaired) electrons. The van der Waals surface area contributed by atoms with Crippen molar-refractivity contribution in [3.8, 4) is 5.75 Å². The average Bonchev–Trinajstić information content (AvgIpc) is 3.08. The van der Waals surface area contributed by atoms with Gasteiger partial charge in [-0.2, -0.15) is 0 Å². The Morgan fingerprint density at radius 1 is 1.03 bits per heavy atom. The molecule has 0 bridgehead atoms. The van der Waals surface area contributed by atoms with E-state index in [1.807, 2.05) is 45.0 Å². The number of carbonyl (C=O) groups is 2. The van der Waals surface area contributed by atoms with Crippen molar-refractivity contribution in [2.24, 2.45) is 0 Å². The maximum Gasteiger partial charge on any atom is 0.295 e. The third-order valence-electron chi connectivity index (χ3n) is 6.19. The second-order valence-corrected chi connectivity index (χ2v) is 9.05. The Hall–Kier alpha value is -3.16. The van der Waals surface area contributed by atoms with Gasteiger partial charge in [0.25, 0.3) is 11.7 Å². The third kappa shape index (κ3) is 5.16. The number of morpholine rings is 1. The number of hydrogen-bond donors (Lipinski definition) is 1. The fraction of sp³-hybridized carbons (Fsp3) is 0.407. The van der Waals surface area contributed by atoms with Crippen LogP contribution in [0.25, 0.3) is 5.76 Å². The first-order valence-electron chi connectivity index (χ1n) is 11.8. The molecule has 0 unspecified atom stereocenters. The largest absolute Gasteiger partial charge is 0.507 e. The number of Topliss-reactive ketones (excluding diaryl/α,β-unsaturated/α-hetero) is 1. The molecule has 180 valence electrons. The quantitative estimate of drug-likeness (QED) is 0.384. The smallest absolute Gasteiger partial charge is 0.295 e. The molecule has 1 atom stereocenters. The zero-order valence-corrected chi connectivity index (χ0v) is 20.0. The molecule has 2 aromatic carbocycles. The lowest BCUT2D eigenvalue weighted by molar-refractivity contribution is -0.140. The van der Waals surface area contributed by atoms with E-state index >= 15 is 0 Å². The lowest BCUT2D eigenvalue weighted by atomic mass is 9.94. The van der Waals surface area contributed by atoms with Crippen LogP contribution in [0.5, 0.6) is 5.75 Å². The maximum atomic E-state index is 13.2. The molecule has 2 aliphatic rings. The normalized spacial score (nSPS) is 20.8. The molecule has 1 amide bonds. The van der Waals surface area contributed by atoms with Crippen molar-refractivity contribution in [2.45, 2.75) is 32.9 Å². The number of likely N-dealkylation sites (tertiary alicyclic amines) is 1. The minimum absolute atomic E-state index is 0.0257. The molecule has 2 fully saturated rings. The van der Waals surface area contributed by atoms with Crippen molar-refractivity contribution in [1.29, 1.82) is 0 Å². The first kappa shape index (κ1) is 24.0. The Labute approximate surface area is 200 Å². The van der Waals surface area contributed by atoms with E-state index in [4.69, 9.17) is 9.47 Å². The lowest BCUT2D eigenvalue weighted by Gasteiger charge is -2.31. The highest BCUT2D eigenvalue weighted by Gasteiger charge is 2.46. The first-order chi connectivity index (χ1) is 16.3. The molecule has 4 rings (SSSR count). The summed E-state index contributed by atoms with van der Waals surface area (Å²) in [5.41, 5.74) is 2.47. The topological polar surface area (TPSA) is 79.3 Å². The van der Waals surface area contributed by atoms with Crippen molar-refractivity contribution >= 4 is 17.4 Å². The van der Waals surface area contributed by atoms with Gasteiger partial charge in [0.05, 0.1) is 30.9 Å². The van der Waals surface area contributed by atoms with Gasteiger partial charge in [0.15, 0.2) is 0 Å². The van der Waals surface area contributed by atoms with Gasteiger partial charge in [-0.3, -0.25) is 14.5 Å². The van der Waals surface area contributed by atoms with Crippen LogP contribution in [-0.4, -0.2) is 72.1 Å². The Balaban J connectivity index is 1.69. The van der Waals surface area contributed by atoms with Crippen LogP contribution in [0.4, 0.5) is 0 Å². The van der Waals surface area contributed by atoms with Gasteiger partial charge in [-0.1, -0.05) is 29.8 Å². The van der Waals surface area contributed by atoms with E-state index in [1.165, 1.54) is 0 Å². The van der Waals surface area contributed by atoms with Gasteiger partial charge in [0.2, 0.25) is 0 Å². The summed E-state index contributed by atoms with van der Waals surface area (Å²) in [6.07, 6.45) is 0.0257. The summed E-state index contributed by atoms with van der Waals surface area (Å²) < 4.78 is 11.1. The average molecular weight is 465 g/mol. The number of aliphatic hydroxyl groups excluding tert-OH is 1. The van der Waals surface area contributed by atoms with Gasteiger partial charge in [0.1, 0.15) is 11.5 Å². The van der Waals surface area contributed by atoms with Crippen LogP contribution in [0.3, 0.4) is 0 Å². The van der Waals surface area contributed by atoms with Crippen LogP contribution in [0.15, 0.2) is 54.1 Å².